The van der Waals surface area contributed by atoms with Crippen LogP contribution >= 0.6 is 34.8 Å². The summed E-state index contributed by atoms with van der Waals surface area (Å²) < 4.78 is 0. The standard InChI is InChI=1S/C13H8Cl3NO/c14-8-2-3-9(12(17)6-8)13(18)7-1-4-10(15)11(16)5-7/h1-6H,17H2. The van der Waals surface area contributed by atoms with E-state index >= 15 is 0 Å². The quantitative estimate of drug-likeness (QED) is 0.657. The molecule has 0 aromatic heterocycles. The Labute approximate surface area is 119 Å². The highest BCUT2D eigenvalue weighted by molar-refractivity contribution is 6.42. The maximum Gasteiger partial charge on any atom is 0.195 e. The summed E-state index contributed by atoms with van der Waals surface area (Å²) in [6.45, 7) is 0. The molecule has 18 heavy (non-hydrogen) atoms. The molecule has 2 nitrogen and oxygen atoms in total. The first-order chi connectivity index (χ1) is 8.49. The minimum absolute atomic E-state index is 0.220. The molecule has 0 bridgehead atoms. The Balaban J connectivity index is 2.44. The van der Waals surface area contributed by atoms with E-state index in [1.54, 1.807) is 24.3 Å². The molecular weight excluding hydrogens is 293 g/mol. The van der Waals surface area contributed by atoms with Crippen molar-refractivity contribution in [1.82, 2.24) is 0 Å². The average molecular weight is 301 g/mol. The number of benzene rings is 2. The lowest BCUT2D eigenvalue weighted by Crippen LogP contribution is -2.05. The van der Waals surface area contributed by atoms with Gasteiger partial charge in [0.15, 0.2) is 5.78 Å². The van der Waals surface area contributed by atoms with Crippen molar-refractivity contribution in [3.8, 4) is 0 Å². The first kappa shape index (κ1) is 13.2. The smallest absolute Gasteiger partial charge is 0.195 e. The highest BCUT2D eigenvalue weighted by atomic mass is 35.5. The number of nitrogens with two attached hydrogens (primary N) is 1. The Morgan fingerprint density at radius 1 is 0.944 bits per heavy atom. The van der Waals surface area contributed by atoms with Gasteiger partial charge < -0.3 is 5.73 Å². The van der Waals surface area contributed by atoms with Crippen LogP contribution in [0.4, 0.5) is 5.69 Å². The number of hydrogen-bond acceptors (Lipinski definition) is 2. The molecule has 0 fully saturated rings. The minimum atomic E-state index is -0.220. The molecule has 2 aromatic rings. The van der Waals surface area contributed by atoms with Gasteiger partial charge in [0.05, 0.1) is 10.0 Å². The van der Waals surface area contributed by atoms with E-state index < -0.39 is 0 Å². The number of ketones is 1. The molecule has 0 aliphatic rings. The molecule has 2 N–H and O–H groups in total. The lowest BCUT2D eigenvalue weighted by atomic mass is 10.0. The zero-order valence-electron chi connectivity index (χ0n) is 9.08. The molecule has 0 unspecified atom stereocenters. The van der Waals surface area contributed by atoms with E-state index in [1.807, 2.05) is 0 Å². The predicted octanol–water partition coefficient (Wildman–Crippen LogP) is 4.46. The van der Waals surface area contributed by atoms with Gasteiger partial charge in [0.2, 0.25) is 0 Å². The van der Waals surface area contributed by atoms with Gasteiger partial charge in [0, 0.05) is 21.8 Å². The van der Waals surface area contributed by atoms with E-state index in [1.165, 1.54) is 12.1 Å². The zero-order chi connectivity index (χ0) is 13.3. The molecule has 2 aromatic carbocycles. The number of carbonyl (C=O) groups excluding carboxylic acids is 1. The van der Waals surface area contributed by atoms with E-state index in [-0.39, 0.29) is 5.78 Å². The molecule has 0 aliphatic carbocycles. The molecule has 0 saturated carbocycles. The van der Waals surface area contributed by atoms with Gasteiger partial charge in [-0.05, 0) is 36.4 Å². The Morgan fingerprint density at radius 2 is 1.67 bits per heavy atom. The average Bonchev–Trinajstić information content (AvgIpc) is 2.32. The Morgan fingerprint density at radius 3 is 2.28 bits per heavy atom. The Kier molecular flexibility index (Phi) is 3.81. The first-order valence-electron chi connectivity index (χ1n) is 5.04. The van der Waals surface area contributed by atoms with Gasteiger partial charge in [0.25, 0.3) is 0 Å². The van der Waals surface area contributed by atoms with Crippen molar-refractivity contribution in [2.75, 3.05) is 5.73 Å². The van der Waals surface area contributed by atoms with Crippen molar-refractivity contribution in [2.24, 2.45) is 0 Å². The zero-order valence-corrected chi connectivity index (χ0v) is 11.4. The summed E-state index contributed by atoms with van der Waals surface area (Å²) in [6, 6.07) is 9.42. The summed E-state index contributed by atoms with van der Waals surface area (Å²) in [4.78, 5) is 12.2. The Bertz CT molecular complexity index is 626. The van der Waals surface area contributed by atoms with Gasteiger partial charge in [0.1, 0.15) is 0 Å². The van der Waals surface area contributed by atoms with Crippen LogP contribution in [0.1, 0.15) is 15.9 Å². The molecule has 0 spiro atoms. The predicted molar refractivity (Wildman–Crippen MR) is 75.8 cm³/mol. The van der Waals surface area contributed by atoms with Crippen molar-refractivity contribution < 1.29 is 4.79 Å². The van der Waals surface area contributed by atoms with Crippen molar-refractivity contribution in [1.29, 1.82) is 0 Å². The van der Waals surface area contributed by atoms with E-state index in [0.29, 0.717) is 31.9 Å². The normalized spacial score (nSPS) is 10.4. The van der Waals surface area contributed by atoms with E-state index in [2.05, 4.69) is 0 Å². The molecule has 0 atom stereocenters. The maximum atomic E-state index is 12.2. The minimum Gasteiger partial charge on any atom is -0.398 e. The summed E-state index contributed by atoms with van der Waals surface area (Å²) in [7, 11) is 0. The molecule has 0 amide bonds. The molecule has 0 saturated heterocycles. The second kappa shape index (κ2) is 5.19. The topological polar surface area (TPSA) is 43.1 Å². The monoisotopic (exact) mass is 299 g/mol. The third kappa shape index (κ3) is 2.61. The molecule has 2 rings (SSSR count). The van der Waals surface area contributed by atoms with Crippen molar-refractivity contribution in [2.45, 2.75) is 0 Å². The summed E-state index contributed by atoms with van der Waals surface area (Å²) >= 11 is 17.5. The van der Waals surface area contributed by atoms with Crippen LogP contribution in [-0.4, -0.2) is 5.78 Å². The van der Waals surface area contributed by atoms with Crippen LogP contribution in [-0.2, 0) is 0 Å². The van der Waals surface area contributed by atoms with Gasteiger partial charge >= 0.3 is 0 Å². The highest BCUT2D eigenvalue weighted by Crippen LogP contribution is 2.26. The van der Waals surface area contributed by atoms with Gasteiger partial charge in [-0.1, -0.05) is 34.8 Å². The van der Waals surface area contributed by atoms with E-state index in [4.69, 9.17) is 40.5 Å². The van der Waals surface area contributed by atoms with Gasteiger partial charge in [-0.25, -0.2) is 0 Å². The number of anilines is 1. The number of rotatable bonds is 2. The van der Waals surface area contributed by atoms with Crippen LogP contribution in [0.2, 0.25) is 15.1 Å². The van der Waals surface area contributed by atoms with Crippen LogP contribution in [0.25, 0.3) is 0 Å². The summed E-state index contributed by atoms with van der Waals surface area (Å²) in [6.07, 6.45) is 0. The third-order valence-corrected chi connectivity index (χ3v) is 3.41. The summed E-state index contributed by atoms with van der Waals surface area (Å²) in [5.41, 5.74) is 6.91. The van der Waals surface area contributed by atoms with Crippen molar-refractivity contribution >= 4 is 46.3 Å². The summed E-state index contributed by atoms with van der Waals surface area (Å²) in [5, 5.41) is 1.21. The third-order valence-electron chi connectivity index (χ3n) is 2.44. The lowest BCUT2D eigenvalue weighted by Gasteiger charge is -2.06. The molecule has 92 valence electrons. The molecule has 0 radical (unpaired) electrons. The summed E-state index contributed by atoms with van der Waals surface area (Å²) in [5.74, 6) is -0.220. The van der Waals surface area contributed by atoms with E-state index in [9.17, 15) is 4.79 Å². The van der Waals surface area contributed by atoms with Crippen molar-refractivity contribution in [3.05, 3.63) is 62.6 Å². The molecule has 5 heteroatoms. The second-order valence-electron chi connectivity index (χ2n) is 3.69. The largest absolute Gasteiger partial charge is 0.398 e. The number of carbonyl (C=O) groups is 1. The maximum absolute atomic E-state index is 12.2. The fourth-order valence-electron chi connectivity index (χ4n) is 1.53. The van der Waals surface area contributed by atoms with Crippen molar-refractivity contribution in [3.63, 3.8) is 0 Å². The first-order valence-corrected chi connectivity index (χ1v) is 6.17. The van der Waals surface area contributed by atoms with Gasteiger partial charge in [-0.3, -0.25) is 4.79 Å². The molecule has 0 aliphatic heterocycles. The highest BCUT2D eigenvalue weighted by Gasteiger charge is 2.13. The molecular formula is C13H8Cl3NO. The fraction of sp³-hybridized carbons (Fsp3) is 0. The van der Waals surface area contributed by atoms with Gasteiger partial charge in [-0.2, -0.15) is 0 Å². The second-order valence-corrected chi connectivity index (χ2v) is 4.94. The SMILES string of the molecule is Nc1cc(Cl)ccc1C(=O)c1ccc(Cl)c(Cl)c1. The lowest BCUT2D eigenvalue weighted by molar-refractivity contribution is 0.103. The van der Waals surface area contributed by atoms with Crippen LogP contribution < -0.4 is 5.73 Å². The molecule has 0 heterocycles. The number of halogens is 3. The van der Waals surface area contributed by atoms with Crippen LogP contribution in [0, 0.1) is 0 Å². The number of hydrogen-bond donors (Lipinski definition) is 1. The Hall–Kier alpha value is -1.22. The van der Waals surface area contributed by atoms with E-state index in [0.717, 1.165) is 0 Å². The van der Waals surface area contributed by atoms with Gasteiger partial charge in [-0.15, -0.1) is 0 Å². The fourth-order valence-corrected chi connectivity index (χ4v) is 2.01. The van der Waals surface area contributed by atoms with Crippen LogP contribution in [0.5, 0.6) is 0 Å². The van der Waals surface area contributed by atoms with Crippen LogP contribution in [0.3, 0.4) is 0 Å². The van der Waals surface area contributed by atoms with Crippen LogP contribution in [0.15, 0.2) is 36.4 Å². The number of nitrogen functional groups attached to an aromatic ring is 1.